The van der Waals surface area contributed by atoms with Crippen molar-refractivity contribution in [2.24, 2.45) is 44.3 Å². The van der Waals surface area contributed by atoms with E-state index in [4.69, 9.17) is 21.3 Å². The minimum Gasteiger partial charge on any atom is -0.494 e. The minimum atomic E-state index is -0.632. The highest BCUT2D eigenvalue weighted by Crippen LogP contribution is 2.48. The molecule has 10 nitrogen and oxygen atoms in total. The molecule has 2 aromatic carbocycles. The zero-order valence-electron chi connectivity index (χ0n) is 30.9. The van der Waals surface area contributed by atoms with Crippen LogP contribution >= 0.6 is 0 Å². The van der Waals surface area contributed by atoms with Gasteiger partial charge in [0.15, 0.2) is 0 Å². The standard InChI is InChI=1S/C39H59N7O3/c1-26(2)27-16-20-39(21-17-27)43-34(30-10-9-11-31(24-30)49-23-22-38(6,7)8)36(48)46(39)32(18-19-37(3,4)5)28-12-14-29(15-13-28)35(47)42-25-33(40)44-45-41/h9-15,24,26-27,32,45H,16-23,25,41H2,1-8H3,(H2,40,44)(H,42,47). The molecule has 0 radical (unpaired) electrons. The van der Waals surface area contributed by atoms with Crippen LogP contribution in [-0.2, 0) is 4.79 Å². The van der Waals surface area contributed by atoms with Crippen molar-refractivity contribution >= 4 is 23.4 Å². The van der Waals surface area contributed by atoms with Gasteiger partial charge in [0.2, 0.25) is 0 Å². The number of ether oxygens (including phenoxy) is 1. The molecule has 1 heterocycles. The van der Waals surface area contributed by atoms with Crippen molar-refractivity contribution < 1.29 is 14.3 Å². The molecule has 268 valence electrons. The van der Waals surface area contributed by atoms with Crippen molar-refractivity contribution in [2.45, 2.75) is 112 Å². The zero-order valence-corrected chi connectivity index (χ0v) is 30.9. The molecule has 2 aromatic rings. The SMILES string of the molecule is CC(C)C1CCC2(CC1)N=C(c1cccc(OCCC(C)(C)C)c1)C(=O)N2C(CCC(C)(C)C)c1ccc(C(=O)NCC(N)=NNN)cc1. The van der Waals surface area contributed by atoms with E-state index in [1.807, 2.05) is 48.5 Å². The first-order valence-corrected chi connectivity index (χ1v) is 17.8. The summed E-state index contributed by atoms with van der Waals surface area (Å²) < 4.78 is 6.15. The molecule has 1 aliphatic heterocycles. The Balaban J connectivity index is 1.70. The highest BCUT2D eigenvalue weighted by Gasteiger charge is 2.52. The Labute approximate surface area is 293 Å². The van der Waals surface area contributed by atoms with Crippen LogP contribution in [0.25, 0.3) is 0 Å². The summed E-state index contributed by atoms with van der Waals surface area (Å²) in [6, 6.07) is 15.2. The summed E-state index contributed by atoms with van der Waals surface area (Å²) in [5.74, 6) is 6.96. The van der Waals surface area contributed by atoms with Crippen molar-refractivity contribution in [2.75, 3.05) is 13.2 Å². The molecule has 0 saturated heterocycles. The number of hydrazone groups is 1. The molecule has 0 bridgehead atoms. The van der Waals surface area contributed by atoms with Crippen LogP contribution in [-0.4, -0.2) is 47.1 Å². The molecule has 1 aliphatic carbocycles. The molecule has 4 rings (SSSR count). The van der Waals surface area contributed by atoms with Crippen LogP contribution in [0.15, 0.2) is 58.6 Å². The maximum atomic E-state index is 14.8. The lowest BCUT2D eigenvalue weighted by molar-refractivity contribution is -0.133. The third kappa shape index (κ3) is 10.1. The van der Waals surface area contributed by atoms with Crippen LogP contribution in [0.3, 0.4) is 0 Å². The Morgan fingerprint density at radius 2 is 1.69 bits per heavy atom. The van der Waals surface area contributed by atoms with Gasteiger partial charge in [0.25, 0.3) is 11.8 Å². The molecular weight excluding hydrogens is 614 g/mol. The van der Waals surface area contributed by atoms with Gasteiger partial charge in [-0.25, -0.2) is 11.4 Å². The average Bonchev–Trinajstić information content (AvgIpc) is 3.30. The summed E-state index contributed by atoms with van der Waals surface area (Å²) in [6.45, 7) is 18.5. The maximum absolute atomic E-state index is 14.8. The lowest BCUT2D eigenvalue weighted by atomic mass is 9.75. The number of rotatable bonds is 13. The van der Waals surface area contributed by atoms with Crippen LogP contribution in [0.2, 0.25) is 0 Å². The number of hydrogen-bond acceptors (Lipinski definition) is 7. The van der Waals surface area contributed by atoms with Gasteiger partial charge in [-0.1, -0.05) is 79.7 Å². The molecule has 2 amide bonds. The van der Waals surface area contributed by atoms with Crippen molar-refractivity contribution in [3.8, 4) is 5.75 Å². The van der Waals surface area contributed by atoms with E-state index in [0.717, 1.165) is 61.8 Å². The van der Waals surface area contributed by atoms with Gasteiger partial charge in [0, 0.05) is 11.1 Å². The van der Waals surface area contributed by atoms with E-state index in [1.54, 1.807) is 0 Å². The molecule has 1 unspecified atom stereocenters. The second-order valence-corrected chi connectivity index (χ2v) is 16.5. The van der Waals surface area contributed by atoms with Crippen molar-refractivity contribution in [3.05, 3.63) is 65.2 Å². The Bertz CT molecular complexity index is 1490. The largest absolute Gasteiger partial charge is 0.494 e. The second kappa shape index (κ2) is 15.7. The fourth-order valence-corrected chi connectivity index (χ4v) is 6.83. The number of nitrogens with zero attached hydrogens (tertiary/aromatic N) is 3. The van der Waals surface area contributed by atoms with Crippen LogP contribution in [0, 0.1) is 22.7 Å². The number of nitrogens with two attached hydrogens (primary N) is 2. The fourth-order valence-electron chi connectivity index (χ4n) is 6.83. The van der Waals surface area contributed by atoms with Gasteiger partial charge >= 0.3 is 0 Å². The van der Waals surface area contributed by atoms with E-state index in [2.05, 4.69) is 76.2 Å². The lowest BCUT2D eigenvalue weighted by Gasteiger charge is -2.46. The molecule has 1 atom stereocenters. The summed E-state index contributed by atoms with van der Waals surface area (Å²) in [6.07, 6.45) is 6.29. The number of benzene rings is 2. The predicted octanol–water partition coefficient (Wildman–Crippen LogP) is 6.71. The number of amides is 2. The van der Waals surface area contributed by atoms with Gasteiger partial charge in [0.05, 0.1) is 19.2 Å². The van der Waals surface area contributed by atoms with E-state index in [-0.39, 0.29) is 41.1 Å². The molecule has 49 heavy (non-hydrogen) atoms. The first kappa shape index (κ1) is 37.9. The first-order chi connectivity index (χ1) is 23.0. The predicted molar refractivity (Wildman–Crippen MR) is 198 cm³/mol. The third-order valence-electron chi connectivity index (χ3n) is 9.87. The Kier molecular flexibility index (Phi) is 12.2. The van der Waals surface area contributed by atoms with E-state index in [1.165, 1.54) is 0 Å². The van der Waals surface area contributed by atoms with Crippen LogP contribution in [0.4, 0.5) is 0 Å². The van der Waals surface area contributed by atoms with Gasteiger partial charge in [-0.3, -0.25) is 14.6 Å². The number of aliphatic imine (C=N–C) groups is 1. The topological polar surface area (TPSA) is 147 Å². The monoisotopic (exact) mass is 673 g/mol. The highest BCUT2D eigenvalue weighted by atomic mass is 16.5. The molecule has 1 spiro atoms. The van der Waals surface area contributed by atoms with Gasteiger partial charge in [-0.15, -0.1) is 0 Å². The van der Waals surface area contributed by atoms with E-state index < -0.39 is 5.66 Å². The van der Waals surface area contributed by atoms with E-state index in [0.29, 0.717) is 29.7 Å². The summed E-state index contributed by atoms with van der Waals surface area (Å²) in [5, 5.41) is 6.45. The van der Waals surface area contributed by atoms with E-state index >= 15 is 0 Å². The van der Waals surface area contributed by atoms with Crippen LogP contribution < -0.4 is 27.2 Å². The normalized spacial score (nSPS) is 20.8. The Morgan fingerprint density at radius 1 is 1.04 bits per heavy atom. The molecule has 1 saturated carbocycles. The van der Waals surface area contributed by atoms with Gasteiger partial charge in [-0.2, -0.15) is 5.10 Å². The first-order valence-electron chi connectivity index (χ1n) is 17.8. The second-order valence-electron chi connectivity index (χ2n) is 16.5. The minimum absolute atomic E-state index is 0.0427. The zero-order chi connectivity index (χ0) is 36.0. The van der Waals surface area contributed by atoms with Gasteiger partial charge in [-0.05, 0) is 97.4 Å². The number of nitrogens with one attached hydrogen (secondary N) is 2. The number of amidine groups is 1. The van der Waals surface area contributed by atoms with Crippen molar-refractivity contribution in [1.82, 2.24) is 15.8 Å². The number of carbonyl (C=O) groups is 2. The van der Waals surface area contributed by atoms with Gasteiger partial charge < -0.3 is 20.7 Å². The third-order valence-corrected chi connectivity index (χ3v) is 9.87. The quantitative estimate of drug-likeness (QED) is 0.0805. The summed E-state index contributed by atoms with van der Waals surface area (Å²) in [4.78, 5) is 35.2. The average molecular weight is 674 g/mol. The molecule has 0 aromatic heterocycles. The maximum Gasteiger partial charge on any atom is 0.275 e. The molecule has 10 heteroatoms. The molecule has 2 aliphatic rings. The van der Waals surface area contributed by atoms with Crippen molar-refractivity contribution in [1.29, 1.82) is 0 Å². The Morgan fingerprint density at radius 3 is 2.29 bits per heavy atom. The summed E-state index contributed by atoms with van der Waals surface area (Å²) in [7, 11) is 0. The van der Waals surface area contributed by atoms with Crippen LogP contribution in [0.5, 0.6) is 5.75 Å². The van der Waals surface area contributed by atoms with Crippen LogP contribution in [0.1, 0.15) is 128 Å². The molecule has 1 fully saturated rings. The molecule has 6 N–H and O–H groups in total. The molecular formula is C39H59N7O3. The summed E-state index contributed by atoms with van der Waals surface area (Å²) in [5.41, 5.74) is 10.3. The Hall–Kier alpha value is -3.92. The fraction of sp³-hybridized carbons (Fsp3) is 0.590. The van der Waals surface area contributed by atoms with E-state index in [9.17, 15) is 9.59 Å². The lowest BCUT2D eigenvalue weighted by Crippen LogP contribution is -2.51. The van der Waals surface area contributed by atoms with Gasteiger partial charge in [0.1, 0.15) is 23.0 Å². The number of hydrogen-bond donors (Lipinski definition) is 4. The number of hydrazine groups is 1. The smallest absolute Gasteiger partial charge is 0.275 e. The highest BCUT2D eigenvalue weighted by molar-refractivity contribution is 6.46. The number of carbonyl (C=O) groups excluding carboxylic acids is 2. The van der Waals surface area contributed by atoms with Crippen molar-refractivity contribution in [3.63, 3.8) is 0 Å². The summed E-state index contributed by atoms with van der Waals surface area (Å²) >= 11 is 0.